The molecule has 0 bridgehead atoms. The molecule has 0 unspecified atom stereocenters. The highest BCUT2D eigenvalue weighted by Crippen LogP contribution is 2.11. The summed E-state index contributed by atoms with van der Waals surface area (Å²) in [6.07, 6.45) is 1.32. The number of carbonyl (C=O) groups is 1. The predicted octanol–water partition coefficient (Wildman–Crippen LogP) is 2.51. The number of aromatic nitrogens is 1. The van der Waals surface area contributed by atoms with Crippen molar-refractivity contribution in [3.05, 3.63) is 65.7 Å². The summed E-state index contributed by atoms with van der Waals surface area (Å²) < 4.78 is 18.7. The standard InChI is InChI=1S/C16H17FN2O2/c1-21-11-10-19(12-13-6-3-2-4-7-13)16(20)14-8-5-9-18-15(14)17/h2-9H,10-12H2,1H3. The molecule has 0 saturated carbocycles. The van der Waals surface area contributed by atoms with Crippen LogP contribution in [0.5, 0.6) is 0 Å². The second-order valence-corrected chi connectivity index (χ2v) is 4.55. The van der Waals surface area contributed by atoms with E-state index in [0.717, 1.165) is 5.56 Å². The summed E-state index contributed by atoms with van der Waals surface area (Å²) in [4.78, 5) is 17.5. The Balaban J connectivity index is 2.19. The zero-order valence-electron chi connectivity index (χ0n) is 11.8. The van der Waals surface area contributed by atoms with Gasteiger partial charge in [0.2, 0.25) is 5.95 Å². The fraction of sp³-hybridized carbons (Fsp3) is 0.250. The molecule has 0 radical (unpaired) electrons. The van der Waals surface area contributed by atoms with E-state index in [1.807, 2.05) is 30.3 Å². The first-order valence-electron chi connectivity index (χ1n) is 6.65. The van der Waals surface area contributed by atoms with Crippen LogP contribution in [0.3, 0.4) is 0 Å². The molecule has 2 aromatic rings. The summed E-state index contributed by atoms with van der Waals surface area (Å²) >= 11 is 0. The number of rotatable bonds is 6. The quantitative estimate of drug-likeness (QED) is 0.767. The van der Waals surface area contributed by atoms with Crippen molar-refractivity contribution in [3.8, 4) is 0 Å². The van der Waals surface area contributed by atoms with E-state index in [0.29, 0.717) is 19.7 Å². The average molecular weight is 288 g/mol. The number of nitrogens with zero attached hydrogens (tertiary/aromatic N) is 2. The minimum Gasteiger partial charge on any atom is -0.383 e. The summed E-state index contributed by atoms with van der Waals surface area (Å²) in [7, 11) is 1.57. The highest BCUT2D eigenvalue weighted by atomic mass is 19.1. The van der Waals surface area contributed by atoms with Crippen molar-refractivity contribution in [2.24, 2.45) is 0 Å². The van der Waals surface area contributed by atoms with E-state index in [2.05, 4.69) is 4.98 Å². The van der Waals surface area contributed by atoms with E-state index in [1.54, 1.807) is 18.1 Å². The maximum Gasteiger partial charge on any atom is 0.258 e. The van der Waals surface area contributed by atoms with Crippen LogP contribution in [0.2, 0.25) is 0 Å². The van der Waals surface area contributed by atoms with Gasteiger partial charge in [-0.15, -0.1) is 0 Å². The molecular weight excluding hydrogens is 271 g/mol. The molecule has 1 amide bonds. The van der Waals surface area contributed by atoms with Crippen LogP contribution >= 0.6 is 0 Å². The minimum atomic E-state index is -0.752. The summed E-state index contributed by atoms with van der Waals surface area (Å²) in [6, 6.07) is 12.5. The number of halogens is 1. The van der Waals surface area contributed by atoms with Crippen LogP contribution in [-0.4, -0.2) is 36.1 Å². The van der Waals surface area contributed by atoms with Crippen molar-refractivity contribution in [2.75, 3.05) is 20.3 Å². The van der Waals surface area contributed by atoms with Crippen molar-refractivity contribution in [2.45, 2.75) is 6.54 Å². The van der Waals surface area contributed by atoms with Gasteiger partial charge < -0.3 is 9.64 Å². The Bertz CT molecular complexity index is 590. The van der Waals surface area contributed by atoms with E-state index in [1.165, 1.54) is 12.3 Å². The van der Waals surface area contributed by atoms with Crippen molar-refractivity contribution < 1.29 is 13.9 Å². The summed E-state index contributed by atoms with van der Waals surface area (Å²) in [5.74, 6) is -1.14. The van der Waals surface area contributed by atoms with Gasteiger partial charge >= 0.3 is 0 Å². The SMILES string of the molecule is COCCN(Cc1ccccc1)C(=O)c1cccnc1F. The highest BCUT2D eigenvalue weighted by molar-refractivity contribution is 5.94. The number of methoxy groups -OCH3 is 1. The zero-order chi connectivity index (χ0) is 15.1. The molecule has 21 heavy (non-hydrogen) atoms. The molecular formula is C16H17FN2O2. The normalized spacial score (nSPS) is 10.4. The Morgan fingerprint density at radius 2 is 2.00 bits per heavy atom. The molecule has 0 spiro atoms. The lowest BCUT2D eigenvalue weighted by atomic mass is 10.2. The second-order valence-electron chi connectivity index (χ2n) is 4.55. The van der Waals surface area contributed by atoms with E-state index >= 15 is 0 Å². The van der Waals surface area contributed by atoms with Crippen molar-refractivity contribution >= 4 is 5.91 Å². The second kappa shape index (κ2) is 7.50. The van der Waals surface area contributed by atoms with Crippen molar-refractivity contribution in [3.63, 3.8) is 0 Å². The van der Waals surface area contributed by atoms with Crippen molar-refractivity contribution in [1.82, 2.24) is 9.88 Å². The number of pyridine rings is 1. The number of ether oxygens (including phenoxy) is 1. The van der Waals surface area contributed by atoms with Crippen LogP contribution in [0, 0.1) is 5.95 Å². The number of amides is 1. The van der Waals surface area contributed by atoms with Gasteiger partial charge in [-0.1, -0.05) is 30.3 Å². The molecule has 0 fully saturated rings. The smallest absolute Gasteiger partial charge is 0.258 e. The fourth-order valence-corrected chi connectivity index (χ4v) is 1.97. The van der Waals surface area contributed by atoms with Gasteiger partial charge in [0.1, 0.15) is 0 Å². The lowest BCUT2D eigenvalue weighted by molar-refractivity contribution is 0.0674. The fourth-order valence-electron chi connectivity index (χ4n) is 1.97. The molecule has 0 aliphatic heterocycles. The molecule has 110 valence electrons. The Labute approximate surface area is 123 Å². The van der Waals surface area contributed by atoms with Crippen LogP contribution in [-0.2, 0) is 11.3 Å². The summed E-state index contributed by atoms with van der Waals surface area (Å²) in [5, 5.41) is 0. The first-order chi connectivity index (χ1) is 10.2. The van der Waals surface area contributed by atoms with Gasteiger partial charge in [-0.3, -0.25) is 4.79 Å². The van der Waals surface area contributed by atoms with Gasteiger partial charge in [-0.2, -0.15) is 4.39 Å². The molecule has 1 aromatic carbocycles. The number of carbonyl (C=O) groups excluding carboxylic acids is 1. The van der Waals surface area contributed by atoms with Crippen molar-refractivity contribution in [1.29, 1.82) is 0 Å². The Morgan fingerprint density at radius 3 is 2.67 bits per heavy atom. The summed E-state index contributed by atoms with van der Waals surface area (Å²) in [5.41, 5.74) is 0.954. The number of hydrogen-bond donors (Lipinski definition) is 0. The molecule has 0 aliphatic rings. The zero-order valence-corrected chi connectivity index (χ0v) is 11.8. The first kappa shape index (κ1) is 15.1. The van der Waals surface area contributed by atoms with Gasteiger partial charge in [-0.05, 0) is 17.7 Å². The number of hydrogen-bond acceptors (Lipinski definition) is 3. The topological polar surface area (TPSA) is 42.4 Å². The van der Waals surface area contributed by atoms with E-state index < -0.39 is 5.95 Å². The monoisotopic (exact) mass is 288 g/mol. The minimum absolute atomic E-state index is 0.0236. The first-order valence-corrected chi connectivity index (χ1v) is 6.65. The van der Waals surface area contributed by atoms with Crippen LogP contribution < -0.4 is 0 Å². The lowest BCUT2D eigenvalue weighted by Gasteiger charge is -2.22. The molecule has 0 aliphatic carbocycles. The molecule has 2 rings (SSSR count). The van der Waals surface area contributed by atoms with E-state index in [9.17, 15) is 9.18 Å². The van der Waals surface area contributed by atoms with E-state index in [-0.39, 0.29) is 11.5 Å². The average Bonchev–Trinajstić information content (AvgIpc) is 2.52. The third kappa shape index (κ3) is 4.10. The van der Waals surface area contributed by atoms with Gasteiger partial charge in [0.25, 0.3) is 5.91 Å². The molecule has 4 nitrogen and oxygen atoms in total. The lowest BCUT2D eigenvalue weighted by Crippen LogP contribution is -2.34. The van der Waals surface area contributed by atoms with Gasteiger partial charge in [0.15, 0.2) is 0 Å². The molecule has 1 heterocycles. The molecule has 5 heteroatoms. The van der Waals surface area contributed by atoms with Crippen LogP contribution in [0.25, 0.3) is 0 Å². The van der Waals surface area contributed by atoms with Gasteiger partial charge in [0, 0.05) is 26.4 Å². The van der Waals surface area contributed by atoms with E-state index in [4.69, 9.17) is 4.74 Å². The molecule has 1 aromatic heterocycles. The third-order valence-corrected chi connectivity index (χ3v) is 3.06. The van der Waals surface area contributed by atoms with Crippen LogP contribution in [0.4, 0.5) is 4.39 Å². The Hall–Kier alpha value is -2.27. The maximum atomic E-state index is 13.7. The molecule has 0 atom stereocenters. The molecule has 0 saturated heterocycles. The van der Waals surface area contributed by atoms with Crippen LogP contribution in [0.15, 0.2) is 48.7 Å². The Morgan fingerprint density at radius 1 is 1.24 bits per heavy atom. The largest absolute Gasteiger partial charge is 0.383 e. The maximum absolute atomic E-state index is 13.7. The third-order valence-electron chi connectivity index (χ3n) is 3.06. The van der Waals surface area contributed by atoms with Crippen LogP contribution in [0.1, 0.15) is 15.9 Å². The molecule has 0 N–H and O–H groups in total. The Kier molecular flexibility index (Phi) is 5.40. The summed E-state index contributed by atoms with van der Waals surface area (Å²) in [6.45, 7) is 1.18. The van der Waals surface area contributed by atoms with Gasteiger partial charge in [0.05, 0.1) is 12.2 Å². The van der Waals surface area contributed by atoms with Gasteiger partial charge in [-0.25, -0.2) is 4.98 Å². The number of benzene rings is 1. The highest BCUT2D eigenvalue weighted by Gasteiger charge is 2.19. The predicted molar refractivity (Wildman–Crippen MR) is 77.3 cm³/mol.